The molecule has 0 heterocycles. The van der Waals surface area contributed by atoms with Crippen LogP contribution in [0.4, 0.5) is 0 Å². The highest BCUT2D eigenvalue weighted by Crippen LogP contribution is 2.27. The van der Waals surface area contributed by atoms with Crippen molar-refractivity contribution in [3.8, 4) is 0 Å². The second-order valence-electron chi connectivity index (χ2n) is 7.37. The molecule has 0 aromatic heterocycles. The molecule has 1 aliphatic rings. The Morgan fingerprint density at radius 2 is 1.75 bits per heavy atom. The minimum atomic E-state index is 0.711. The van der Waals surface area contributed by atoms with Crippen molar-refractivity contribution in [3.63, 3.8) is 0 Å². The van der Waals surface area contributed by atoms with Gasteiger partial charge in [0.05, 0.1) is 0 Å². The van der Waals surface area contributed by atoms with Gasteiger partial charge in [0.1, 0.15) is 0 Å². The van der Waals surface area contributed by atoms with E-state index in [0.29, 0.717) is 6.04 Å². The van der Waals surface area contributed by atoms with Gasteiger partial charge in [0.15, 0.2) is 0 Å². The number of nitrogens with zero attached hydrogens (tertiary/aromatic N) is 1. The van der Waals surface area contributed by atoms with E-state index in [1.807, 2.05) is 0 Å². The molecule has 2 heteroatoms. The molecule has 0 radical (unpaired) electrons. The number of hydrogen-bond acceptors (Lipinski definition) is 2. The maximum Gasteiger partial charge on any atom is 0.0246 e. The van der Waals surface area contributed by atoms with Gasteiger partial charge < -0.3 is 5.32 Å². The van der Waals surface area contributed by atoms with E-state index >= 15 is 0 Å². The topological polar surface area (TPSA) is 15.3 Å². The summed E-state index contributed by atoms with van der Waals surface area (Å²) in [5.41, 5.74) is 0. The molecule has 0 spiro atoms. The third-order valence-electron chi connectivity index (χ3n) is 4.73. The van der Waals surface area contributed by atoms with E-state index in [0.717, 1.165) is 24.4 Å². The second-order valence-corrected chi connectivity index (χ2v) is 7.37. The minimum absolute atomic E-state index is 0.711. The first-order valence-corrected chi connectivity index (χ1v) is 9.02. The van der Waals surface area contributed by atoms with Gasteiger partial charge in [-0.25, -0.2) is 0 Å². The van der Waals surface area contributed by atoms with Gasteiger partial charge in [-0.2, -0.15) is 0 Å². The molecular weight excluding hydrogens is 244 g/mol. The van der Waals surface area contributed by atoms with Crippen LogP contribution in [-0.4, -0.2) is 36.6 Å². The van der Waals surface area contributed by atoms with Gasteiger partial charge in [0.2, 0.25) is 0 Å². The summed E-state index contributed by atoms with van der Waals surface area (Å²) in [5.74, 6) is 1.56. The van der Waals surface area contributed by atoms with Crippen LogP contribution in [0.1, 0.15) is 73.1 Å². The van der Waals surface area contributed by atoms with E-state index in [1.54, 1.807) is 0 Å². The van der Waals surface area contributed by atoms with E-state index in [-0.39, 0.29) is 0 Å². The lowest BCUT2D eigenvalue weighted by Crippen LogP contribution is -2.50. The van der Waals surface area contributed by atoms with E-state index in [2.05, 4.69) is 44.8 Å². The zero-order valence-corrected chi connectivity index (χ0v) is 14.6. The van der Waals surface area contributed by atoms with Crippen LogP contribution in [0.3, 0.4) is 0 Å². The highest BCUT2D eigenvalue weighted by Gasteiger charge is 2.29. The Kier molecular flexibility index (Phi) is 8.79. The Labute approximate surface area is 127 Å². The molecule has 1 saturated carbocycles. The molecular formula is C18H38N2. The predicted molar refractivity (Wildman–Crippen MR) is 90.2 cm³/mol. The molecule has 0 aliphatic heterocycles. The average Bonchev–Trinajstić information content (AvgIpc) is 2.90. The van der Waals surface area contributed by atoms with Gasteiger partial charge in [-0.3, -0.25) is 4.90 Å². The van der Waals surface area contributed by atoms with E-state index in [9.17, 15) is 0 Å². The first-order valence-electron chi connectivity index (χ1n) is 9.02. The molecule has 1 aliphatic carbocycles. The molecule has 1 unspecified atom stereocenters. The lowest BCUT2D eigenvalue weighted by molar-refractivity contribution is 0.0955. The fraction of sp³-hybridized carbons (Fsp3) is 1.00. The average molecular weight is 283 g/mol. The summed E-state index contributed by atoms with van der Waals surface area (Å²) in [6, 6.07) is 1.56. The Morgan fingerprint density at radius 1 is 1.10 bits per heavy atom. The van der Waals surface area contributed by atoms with Crippen molar-refractivity contribution < 1.29 is 0 Å². The van der Waals surface area contributed by atoms with Crippen LogP contribution in [0.2, 0.25) is 0 Å². The lowest BCUT2D eigenvalue weighted by atomic mass is 9.98. The smallest absolute Gasteiger partial charge is 0.0246 e. The monoisotopic (exact) mass is 282 g/mol. The van der Waals surface area contributed by atoms with Crippen molar-refractivity contribution in [2.24, 2.45) is 11.8 Å². The van der Waals surface area contributed by atoms with Crippen LogP contribution in [-0.2, 0) is 0 Å². The summed E-state index contributed by atoms with van der Waals surface area (Å²) in [5, 5.41) is 3.67. The van der Waals surface area contributed by atoms with Crippen molar-refractivity contribution in [3.05, 3.63) is 0 Å². The maximum absolute atomic E-state index is 3.67. The zero-order chi connectivity index (χ0) is 15.0. The Morgan fingerprint density at radius 3 is 2.25 bits per heavy atom. The van der Waals surface area contributed by atoms with Gasteiger partial charge >= 0.3 is 0 Å². The second kappa shape index (κ2) is 9.78. The van der Waals surface area contributed by atoms with Gasteiger partial charge in [-0.15, -0.1) is 0 Å². The molecule has 0 amide bonds. The van der Waals surface area contributed by atoms with Crippen molar-refractivity contribution >= 4 is 0 Å². The van der Waals surface area contributed by atoms with Crippen LogP contribution >= 0.6 is 0 Å². The molecule has 0 aromatic rings. The molecule has 0 aromatic carbocycles. The Balaban J connectivity index is 2.63. The third-order valence-corrected chi connectivity index (χ3v) is 4.73. The SMILES string of the molecule is CCCNCC(C(C)C)N(CCC(C)C)C1CCCC1. The number of rotatable bonds is 10. The first-order chi connectivity index (χ1) is 9.56. The fourth-order valence-electron chi connectivity index (χ4n) is 3.42. The number of hydrogen-bond donors (Lipinski definition) is 1. The van der Waals surface area contributed by atoms with Gasteiger partial charge in [0.25, 0.3) is 0 Å². The zero-order valence-electron chi connectivity index (χ0n) is 14.6. The lowest BCUT2D eigenvalue weighted by Gasteiger charge is -2.39. The molecule has 0 bridgehead atoms. The van der Waals surface area contributed by atoms with Crippen molar-refractivity contribution in [2.45, 2.75) is 85.2 Å². The van der Waals surface area contributed by atoms with Crippen LogP contribution in [0.5, 0.6) is 0 Å². The van der Waals surface area contributed by atoms with Crippen molar-refractivity contribution in [1.82, 2.24) is 10.2 Å². The molecule has 1 atom stereocenters. The molecule has 20 heavy (non-hydrogen) atoms. The quantitative estimate of drug-likeness (QED) is 0.601. The third kappa shape index (κ3) is 6.13. The molecule has 1 N–H and O–H groups in total. The molecule has 1 rings (SSSR count). The van der Waals surface area contributed by atoms with Crippen LogP contribution in [0.15, 0.2) is 0 Å². The molecule has 0 saturated heterocycles. The summed E-state index contributed by atoms with van der Waals surface area (Å²) in [4.78, 5) is 2.86. The molecule has 120 valence electrons. The largest absolute Gasteiger partial charge is 0.315 e. The highest BCUT2D eigenvalue weighted by atomic mass is 15.2. The molecule has 1 fully saturated rings. The van der Waals surface area contributed by atoms with Crippen LogP contribution < -0.4 is 5.32 Å². The normalized spacial score (nSPS) is 18.6. The van der Waals surface area contributed by atoms with Crippen molar-refractivity contribution in [1.29, 1.82) is 0 Å². The summed E-state index contributed by atoms with van der Waals surface area (Å²) >= 11 is 0. The van der Waals surface area contributed by atoms with Gasteiger partial charge in [-0.1, -0.05) is 47.5 Å². The van der Waals surface area contributed by atoms with Crippen molar-refractivity contribution in [2.75, 3.05) is 19.6 Å². The summed E-state index contributed by atoms with van der Waals surface area (Å²) in [6.45, 7) is 15.4. The van der Waals surface area contributed by atoms with Gasteiger partial charge in [0, 0.05) is 18.6 Å². The fourth-order valence-corrected chi connectivity index (χ4v) is 3.42. The summed E-state index contributed by atoms with van der Waals surface area (Å²) in [7, 11) is 0. The number of nitrogens with one attached hydrogen (secondary N) is 1. The Bertz CT molecular complexity index is 232. The van der Waals surface area contributed by atoms with E-state index < -0.39 is 0 Å². The maximum atomic E-state index is 3.67. The highest BCUT2D eigenvalue weighted by molar-refractivity contribution is 4.86. The minimum Gasteiger partial charge on any atom is -0.315 e. The molecule has 2 nitrogen and oxygen atoms in total. The Hall–Kier alpha value is -0.0800. The standard InChI is InChI=1S/C18H38N2/c1-6-12-19-14-18(16(4)5)20(13-11-15(2)3)17-9-7-8-10-17/h15-19H,6-14H2,1-5H3. The summed E-state index contributed by atoms with van der Waals surface area (Å²) < 4.78 is 0. The van der Waals surface area contributed by atoms with E-state index in [4.69, 9.17) is 0 Å². The van der Waals surface area contributed by atoms with E-state index in [1.165, 1.54) is 51.6 Å². The van der Waals surface area contributed by atoms with Crippen LogP contribution in [0, 0.1) is 11.8 Å². The first kappa shape index (κ1) is 18.0. The predicted octanol–water partition coefficient (Wildman–Crippen LogP) is 4.30. The van der Waals surface area contributed by atoms with Crippen LogP contribution in [0.25, 0.3) is 0 Å². The van der Waals surface area contributed by atoms with Gasteiger partial charge in [-0.05, 0) is 50.6 Å². The summed E-state index contributed by atoms with van der Waals surface area (Å²) in [6.07, 6.45) is 8.31.